The van der Waals surface area contributed by atoms with Crippen molar-refractivity contribution in [2.24, 2.45) is 0 Å². The normalized spacial score (nSPS) is 14.5. The van der Waals surface area contributed by atoms with E-state index in [2.05, 4.69) is 9.88 Å². The predicted octanol–water partition coefficient (Wildman–Crippen LogP) is 4.58. The average molecular weight is 537 g/mol. The van der Waals surface area contributed by atoms with E-state index in [9.17, 15) is 13.2 Å². The Morgan fingerprint density at radius 2 is 1.84 bits per heavy atom. The molecule has 1 saturated heterocycles. The van der Waals surface area contributed by atoms with Crippen LogP contribution in [0.4, 0.5) is 0 Å². The van der Waals surface area contributed by atoms with Crippen LogP contribution in [-0.4, -0.2) is 57.2 Å². The predicted molar refractivity (Wildman–Crippen MR) is 140 cm³/mol. The van der Waals surface area contributed by atoms with E-state index in [0.29, 0.717) is 55.4 Å². The molecule has 3 aromatic carbocycles. The van der Waals surface area contributed by atoms with Gasteiger partial charge in [0.25, 0.3) is 0 Å². The molecule has 198 valence electrons. The van der Waals surface area contributed by atoms with E-state index >= 15 is 0 Å². The molecular weight excluding hydrogens is 508 g/mol. The molecule has 1 fully saturated rings. The van der Waals surface area contributed by atoms with E-state index in [1.165, 1.54) is 18.2 Å². The summed E-state index contributed by atoms with van der Waals surface area (Å²) in [5.74, 6) is -0.146. The minimum atomic E-state index is -4.36. The van der Waals surface area contributed by atoms with Gasteiger partial charge in [-0.15, -0.1) is 0 Å². The summed E-state index contributed by atoms with van der Waals surface area (Å²) < 4.78 is 48.9. The number of benzene rings is 3. The molecule has 0 saturated carbocycles. The summed E-state index contributed by atoms with van der Waals surface area (Å²) in [7, 11) is -4.36. The number of hydrogen-bond donors (Lipinski definition) is 0. The number of fused-ring (bicyclic) bond motifs is 1. The Hall–Kier alpha value is -3.73. The van der Waals surface area contributed by atoms with Crippen LogP contribution in [0.1, 0.15) is 28.4 Å². The number of morpholine rings is 1. The smallest absolute Gasteiger partial charge is 0.340 e. The third kappa shape index (κ3) is 5.57. The molecule has 0 amide bonds. The Morgan fingerprint density at radius 3 is 2.63 bits per heavy atom. The van der Waals surface area contributed by atoms with Gasteiger partial charge >= 0.3 is 16.1 Å². The van der Waals surface area contributed by atoms with Crippen LogP contribution in [0.2, 0.25) is 0 Å². The first kappa shape index (κ1) is 25.9. The lowest BCUT2D eigenvalue weighted by Crippen LogP contribution is -2.35. The molecule has 5 rings (SSSR count). The van der Waals surface area contributed by atoms with Crippen LogP contribution in [0.25, 0.3) is 22.6 Å². The molecular formula is C28H28N2O7S. The number of aryl methyl sites for hydroxylation is 1. The van der Waals surface area contributed by atoms with E-state index in [4.69, 9.17) is 18.1 Å². The molecule has 4 aromatic rings. The van der Waals surface area contributed by atoms with Crippen molar-refractivity contribution in [3.05, 3.63) is 77.4 Å². The van der Waals surface area contributed by atoms with Crippen LogP contribution < -0.4 is 4.18 Å². The SMILES string of the molecule is CCOC(=O)c1ccccc1S(=O)(=O)Oc1ccc(-c2nc3cc(C)ccc3o2)cc1CN1CCOCC1. The molecule has 1 aromatic heterocycles. The van der Waals surface area contributed by atoms with Gasteiger partial charge in [0.1, 0.15) is 16.2 Å². The molecule has 0 bridgehead atoms. The van der Waals surface area contributed by atoms with Crippen molar-refractivity contribution in [1.29, 1.82) is 0 Å². The molecule has 2 heterocycles. The average Bonchev–Trinajstić information content (AvgIpc) is 3.33. The van der Waals surface area contributed by atoms with Crippen molar-refractivity contribution in [3.63, 3.8) is 0 Å². The van der Waals surface area contributed by atoms with Crippen LogP contribution in [-0.2, 0) is 26.1 Å². The summed E-state index contributed by atoms with van der Waals surface area (Å²) in [4.78, 5) is 18.9. The Morgan fingerprint density at radius 1 is 1.05 bits per heavy atom. The molecule has 1 aliphatic rings. The molecule has 1 aliphatic heterocycles. The van der Waals surface area contributed by atoms with E-state index < -0.39 is 16.1 Å². The first-order valence-electron chi connectivity index (χ1n) is 12.4. The topological polar surface area (TPSA) is 108 Å². The van der Waals surface area contributed by atoms with Crippen molar-refractivity contribution in [2.75, 3.05) is 32.9 Å². The second-order valence-electron chi connectivity index (χ2n) is 8.96. The Kier molecular flexibility index (Phi) is 7.46. The lowest BCUT2D eigenvalue weighted by molar-refractivity contribution is 0.0340. The van der Waals surface area contributed by atoms with Gasteiger partial charge in [-0.2, -0.15) is 8.42 Å². The molecule has 9 nitrogen and oxygen atoms in total. The minimum absolute atomic E-state index is 0.0810. The lowest BCUT2D eigenvalue weighted by atomic mass is 10.1. The Bertz CT molecular complexity index is 1570. The number of ether oxygens (including phenoxy) is 2. The molecule has 10 heteroatoms. The number of rotatable bonds is 8. The standard InChI is InChI=1S/C28H28N2O7S/c1-3-35-28(31)22-6-4-5-7-26(22)38(32,33)37-24-11-9-20(17-21(24)18-30-12-14-34-15-13-30)27-29-23-16-19(2)8-10-25(23)36-27/h4-11,16-17H,3,12-15,18H2,1-2H3. The van der Waals surface area contributed by atoms with Gasteiger partial charge in [0, 0.05) is 30.8 Å². The summed E-state index contributed by atoms with van der Waals surface area (Å²) in [6.07, 6.45) is 0. The minimum Gasteiger partial charge on any atom is -0.462 e. The summed E-state index contributed by atoms with van der Waals surface area (Å²) >= 11 is 0. The summed E-state index contributed by atoms with van der Waals surface area (Å²) in [6, 6.07) is 16.8. The monoisotopic (exact) mass is 536 g/mol. The fourth-order valence-electron chi connectivity index (χ4n) is 4.30. The number of nitrogens with zero attached hydrogens (tertiary/aromatic N) is 2. The maximum atomic E-state index is 13.4. The van der Waals surface area contributed by atoms with E-state index in [1.54, 1.807) is 25.1 Å². The number of aromatic nitrogens is 1. The van der Waals surface area contributed by atoms with Crippen molar-refractivity contribution < 1.29 is 31.3 Å². The van der Waals surface area contributed by atoms with Gasteiger partial charge in [-0.3, -0.25) is 4.90 Å². The molecule has 0 atom stereocenters. The second kappa shape index (κ2) is 10.9. The number of oxazole rings is 1. The van der Waals surface area contributed by atoms with Gasteiger partial charge < -0.3 is 18.1 Å². The zero-order valence-corrected chi connectivity index (χ0v) is 22.0. The van der Waals surface area contributed by atoms with Crippen molar-refractivity contribution in [2.45, 2.75) is 25.3 Å². The highest BCUT2D eigenvalue weighted by molar-refractivity contribution is 7.87. The molecule has 38 heavy (non-hydrogen) atoms. The highest BCUT2D eigenvalue weighted by Crippen LogP contribution is 2.32. The summed E-state index contributed by atoms with van der Waals surface area (Å²) in [6.45, 7) is 6.77. The second-order valence-corrected chi connectivity index (χ2v) is 10.5. The van der Waals surface area contributed by atoms with Crippen LogP contribution in [0.5, 0.6) is 5.75 Å². The highest BCUT2D eigenvalue weighted by Gasteiger charge is 2.27. The van der Waals surface area contributed by atoms with E-state index in [-0.39, 0.29) is 22.8 Å². The fraction of sp³-hybridized carbons (Fsp3) is 0.286. The van der Waals surface area contributed by atoms with E-state index in [1.807, 2.05) is 31.2 Å². The fourth-order valence-corrected chi connectivity index (χ4v) is 5.46. The lowest BCUT2D eigenvalue weighted by Gasteiger charge is -2.27. The number of carbonyl (C=O) groups excluding carboxylic acids is 1. The first-order valence-corrected chi connectivity index (χ1v) is 13.8. The van der Waals surface area contributed by atoms with Gasteiger partial charge in [-0.05, 0) is 61.9 Å². The number of hydrogen-bond acceptors (Lipinski definition) is 9. The molecule has 0 aliphatic carbocycles. The Labute approximate surface area is 221 Å². The van der Waals surface area contributed by atoms with Crippen molar-refractivity contribution in [1.82, 2.24) is 9.88 Å². The largest absolute Gasteiger partial charge is 0.462 e. The van der Waals surface area contributed by atoms with Gasteiger partial charge in [0.05, 0.1) is 25.4 Å². The van der Waals surface area contributed by atoms with Crippen LogP contribution in [0.3, 0.4) is 0 Å². The van der Waals surface area contributed by atoms with Crippen LogP contribution in [0.15, 0.2) is 70.0 Å². The third-order valence-corrected chi connectivity index (χ3v) is 7.49. The van der Waals surface area contributed by atoms with Crippen LogP contribution in [0, 0.1) is 6.92 Å². The van der Waals surface area contributed by atoms with Crippen LogP contribution >= 0.6 is 0 Å². The van der Waals surface area contributed by atoms with Gasteiger partial charge in [-0.25, -0.2) is 9.78 Å². The summed E-state index contributed by atoms with van der Waals surface area (Å²) in [5.41, 5.74) is 3.73. The van der Waals surface area contributed by atoms with Gasteiger partial charge in [0.2, 0.25) is 5.89 Å². The number of esters is 1. The van der Waals surface area contributed by atoms with Gasteiger partial charge in [0.15, 0.2) is 5.58 Å². The zero-order chi connectivity index (χ0) is 26.7. The van der Waals surface area contributed by atoms with Crippen molar-refractivity contribution in [3.8, 4) is 17.2 Å². The maximum Gasteiger partial charge on any atom is 0.340 e. The summed E-state index contributed by atoms with van der Waals surface area (Å²) in [5, 5.41) is 0. The first-order chi connectivity index (χ1) is 18.3. The van der Waals surface area contributed by atoms with E-state index in [0.717, 1.165) is 11.1 Å². The van der Waals surface area contributed by atoms with Gasteiger partial charge in [-0.1, -0.05) is 18.2 Å². The molecule has 0 N–H and O–H groups in total. The maximum absolute atomic E-state index is 13.4. The highest BCUT2D eigenvalue weighted by atomic mass is 32.2. The quantitative estimate of drug-likeness (QED) is 0.236. The molecule has 0 spiro atoms. The molecule has 0 unspecified atom stereocenters. The zero-order valence-electron chi connectivity index (χ0n) is 21.2. The third-order valence-electron chi connectivity index (χ3n) is 6.20. The Balaban J connectivity index is 1.52. The van der Waals surface area contributed by atoms with Crippen molar-refractivity contribution >= 4 is 27.2 Å². The molecule has 0 radical (unpaired) electrons. The number of carbonyl (C=O) groups is 1.